The van der Waals surface area contributed by atoms with Crippen LogP contribution in [0.4, 0.5) is 0 Å². The van der Waals surface area contributed by atoms with Crippen LogP contribution in [0, 0.1) is 16.5 Å². The van der Waals surface area contributed by atoms with Gasteiger partial charge in [0.15, 0.2) is 0 Å². The first kappa shape index (κ1) is 8.45. The van der Waals surface area contributed by atoms with Crippen LogP contribution in [0.3, 0.4) is 0 Å². The van der Waals surface area contributed by atoms with Crippen LogP contribution >= 0.6 is 0 Å². The van der Waals surface area contributed by atoms with Gasteiger partial charge < -0.3 is 5.21 Å². The lowest BCUT2D eigenvalue weighted by atomic mass is 10.2. The Balaban J connectivity index is 2.70. The van der Waals surface area contributed by atoms with Gasteiger partial charge in [0.2, 0.25) is 11.2 Å². The lowest BCUT2D eigenvalue weighted by Crippen LogP contribution is -2.32. The van der Waals surface area contributed by atoms with Gasteiger partial charge in [-0.2, -0.15) is 9.99 Å². The highest BCUT2D eigenvalue weighted by molar-refractivity contribution is 5.70. The second-order valence-corrected chi connectivity index (χ2v) is 2.87. The van der Waals surface area contributed by atoms with E-state index in [4.69, 9.17) is 5.26 Å². The van der Waals surface area contributed by atoms with E-state index in [9.17, 15) is 5.21 Å². The molecule has 4 nitrogen and oxygen atoms in total. The van der Waals surface area contributed by atoms with Crippen molar-refractivity contribution in [2.75, 3.05) is 0 Å². The first-order valence-corrected chi connectivity index (χ1v) is 4.16. The molecule has 4 heteroatoms. The van der Waals surface area contributed by atoms with Crippen LogP contribution in [-0.4, -0.2) is 4.98 Å². The van der Waals surface area contributed by atoms with E-state index in [2.05, 4.69) is 4.98 Å². The maximum atomic E-state index is 11.6. The van der Waals surface area contributed by atoms with E-state index in [1.165, 1.54) is 6.20 Å². The zero-order valence-electron chi connectivity index (χ0n) is 7.34. The first-order chi connectivity index (χ1) is 6.83. The number of aromatic nitrogens is 2. The Labute approximate surface area is 80.6 Å². The molecule has 1 aromatic carbocycles. The zero-order chi connectivity index (χ0) is 9.97. The third kappa shape index (κ3) is 1.25. The molecule has 0 N–H and O–H groups in total. The van der Waals surface area contributed by atoms with Gasteiger partial charge in [-0.25, -0.2) is 4.98 Å². The van der Waals surface area contributed by atoms with Crippen molar-refractivity contribution in [2.45, 2.75) is 6.42 Å². The van der Waals surface area contributed by atoms with E-state index in [0.29, 0.717) is 16.7 Å². The summed E-state index contributed by atoms with van der Waals surface area (Å²) >= 11 is 0. The van der Waals surface area contributed by atoms with E-state index in [0.717, 1.165) is 4.73 Å². The average Bonchev–Trinajstić information content (AvgIpc) is 2.23. The third-order valence-electron chi connectivity index (χ3n) is 1.97. The van der Waals surface area contributed by atoms with Crippen molar-refractivity contribution in [3.05, 3.63) is 41.4 Å². The Morgan fingerprint density at radius 2 is 2.21 bits per heavy atom. The Hall–Kier alpha value is -2.15. The molecule has 0 fully saturated rings. The number of fused-ring (bicyclic) bond motifs is 1. The Morgan fingerprint density at radius 1 is 1.43 bits per heavy atom. The minimum Gasteiger partial charge on any atom is -0.618 e. The number of benzene rings is 1. The van der Waals surface area contributed by atoms with Crippen molar-refractivity contribution in [3.63, 3.8) is 0 Å². The lowest BCUT2D eigenvalue weighted by Gasteiger charge is -2.03. The number of nitrogens with zero attached hydrogens (tertiary/aromatic N) is 3. The number of para-hydroxylation sites is 2. The van der Waals surface area contributed by atoms with Crippen LogP contribution in [0.5, 0.6) is 0 Å². The largest absolute Gasteiger partial charge is 0.618 e. The maximum absolute atomic E-state index is 11.6. The molecule has 0 amide bonds. The van der Waals surface area contributed by atoms with Gasteiger partial charge in [-0.1, -0.05) is 12.1 Å². The molecule has 0 unspecified atom stereocenters. The molecule has 68 valence electrons. The molecule has 1 aromatic heterocycles. The quantitative estimate of drug-likeness (QED) is 0.490. The second-order valence-electron chi connectivity index (χ2n) is 2.87. The fourth-order valence-electron chi connectivity index (χ4n) is 1.29. The summed E-state index contributed by atoms with van der Waals surface area (Å²) < 4.78 is 0.756. The van der Waals surface area contributed by atoms with Gasteiger partial charge in [0.25, 0.3) is 0 Å². The standard InChI is InChI=1S/C10H7N3O/c11-6-5-8-7-12-9-3-1-2-4-10(9)13(8)14/h1-4,7H,5H2. The van der Waals surface area contributed by atoms with E-state index < -0.39 is 0 Å². The van der Waals surface area contributed by atoms with Crippen LogP contribution in [0.2, 0.25) is 0 Å². The normalized spacial score (nSPS) is 9.93. The molecule has 0 aliphatic heterocycles. The van der Waals surface area contributed by atoms with Crippen LogP contribution in [0.25, 0.3) is 11.0 Å². The predicted octanol–water partition coefficient (Wildman–Crippen LogP) is 0.934. The van der Waals surface area contributed by atoms with Gasteiger partial charge in [-0.15, -0.1) is 0 Å². The molecule has 0 saturated carbocycles. The predicted molar refractivity (Wildman–Crippen MR) is 50.0 cm³/mol. The number of nitriles is 1. The van der Waals surface area contributed by atoms with Crippen molar-refractivity contribution >= 4 is 11.0 Å². The van der Waals surface area contributed by atoms with Gasteiger partial charge in [-0.05, 0) is 6.07 Å². The summed E-state index contributed by atoms with van der Waals surface area (Å²) in [7, 11) is 0. The molecular weight excluding hydrogens is 178 g/mol. The highest BCUT2D eigenvalue weighted by atomic mass is 16.5. The molecule has 0 aliphatic carbocycles. The molecule has 0 aliphatic rings. The molecule has 0 spiro atoms. The zero-order valence-corrected chi connectivity index (χ0v) is 7.34. The molecule has 14 heavy (non-hydrogen) atoms. The second kappa shape index (κ2) is 3.30. The van der Waals surface area contributed by atoms with Crippen molar-refractivity contribution in [1.82, 2.24) is 4.98 Å². The van der Waals surface area contributed by atoms with Crippen molar-refractivity contribution in [2.24, 2.45) is 0 Å². The summed E-state index contributed by atoms with van der Waals surface area (Å²) in [4.78, 5) is 4.09. The molecular formula is C10H7N3O. The maximum Gasteiger partial charge on any atom is 0.242 e. The van der Waals surface area contributed by atoms with Gasteiger partial charge >= 0.3 is 0 Å². The minimum atomic E-state index is 0.0847. The highest BCUT2D eigenvalue weighted by Crippen LogP contribution is 2.06. The summed E-state index contributed by atoms with van der Waals surface area (Å²) in [6.07, 6.45) is 1.53. The molecule has 0 radical (unpaired) electrons. The topological polar surface area (TPSA) is 63.6 Å². The summed E-state index contributed by atoms with van der Waals surface area (Å²) in [6, 6.07) is 8.97. The van der Waals surface area contributed by atoms with Crippen LogP contribution in [0.1, 0.15) is 5.69 Å². The van der Waals surface area contributed by atoms with Crippen molar-refractivity contribution < 1.29 is 4.73 Å². The van der Waals surface area contributed by atoms with Gasteiger partial charge in [0, 0.05) is 6.07 Å². The van der Waals surface area contributed by atoms with E-state index in [-0.39, 0.29) is 6.42 Å². The Bertz CT molecular complexity index is 516. The first-order valence-electron chi connectivity index (χ1n) is 4.16. The fourth-order valence-corrected chi connectivity index (χ4v) is 1.29. The van der Waals surface area contributed by atoms with Crippen molar-refractivity contribution in [3.8, 4) is 6.07 Å². The summed E-state index contributed by atoms with van der Waals surface area (Å²) in [5.74, 6) is 0. The SMILES string of the molecule is N#CCc1cnc2ccccc2[n+]1[O-]. The average molecular weight is 185 g/mol. The molecule has 0 bridgehead atoms. The molecule has 2 rings (SSSR count). The highest BCUT2D eigenvalue weighted by Gasteiger charge is 2.09. The van der Waals surface area contributed by atoms with Gasteiger partial charge in [0.05, 0.1) is 12.3 Å². The molecule has 2 aromatic rings. The summed E-state index contributed by atoms with van der Waals surface area (Å²) in [5, 5.41) is 20.1. The third-order valence-corrected chi connectivity index (χ3v) is 1.97. The molecule has 0 saturated heterocycles. The molecule has 0 atom stereocenters. The number of hydrogen-bond donors (Lipinski definition) is 0. The molecule has 1 heterocycles. The lowest BCUT2D eigenvalue weighted by molar-refractivity contribution is -0.585. The van der Waals surface area contributed by atoms with Gasteiger partial charge in [-0.3, -0.25) is 0 Å². The minimum absolute atomic E-state index is 0.0847. The Morgan fingerprint density at radius 3 is 3.00 bits per heavy atom. The Kier molecular flexibility index (Phi) is 1.99. The van der Waals surface area contributed by atoms with E-state index in [1.807, 2.05) is 12.1 Å². The number of rotatable bonds is 1. The van der Waals surface area contributed by atoms with E-state index in [1.54, 1.807) is 18.2 Å². The van der Waals surface area contributed by atoms with Gasteiger partial charge in [0.1, 0.15) is 11.9 Å². The van der Waals surface area contributed by atoms with Crippen molar-refractivity contribution in [1.29, 1.82) is 5.26 Å². The van der Waals surface area contributed by atoms with Crippen LogP contribution < -0.4 is 4.73 Å². The van der Waals surface area contributed by atoms with Crippen LogP contribution in [0.15, 0.2) is 30.5 Å². The number of hydrogen-bond acceptors (Lipinski definition) is 3. The smallest absolute Gasteiger partial charge is 0.242 e. The fraction of sp³-hybridized carbons (Fsp3) is 0.100. The van der Waals surface area contributed by atoms with Crippen LogP contribution in [-0.2, 0) is 6.42 Å². The summed E-state index contributed by atoms with van der Waals surface area (Å²) in [5.41, 5.74) is 1.52. The monoisotopic (exact) mass is 185 g/mol. The summed E-state index contributed by atoms with van der Waals surface area (Å²) in [6.45, 7) is 0. The van der Waals surface area contributed by atoms with E-state index >= 15 is 0 Å².